The van der Waals surface area contributed by atoms with Gasteiger partial charge in [0.2, 0.25) is 0 Å². The van der Waals surface area contributed by atoms with Gasteiger partial charge < -0.3 is 4.74 Å². The second-order valence-corrected chi connectivity index (χ2v) is 3.90. The summed E-state index contributed by atoms with van der Waals surface area (Å²) in [5.74, 6) is -0.269. The van der Waals surface area contributed by atoms with Crippen LogP contribution < -0.4 is 0 Å². The maximum absolute atomic E-state index is 11.5. The predicted octanol–water partition coefficient (Wildman–Crippen LogP) is 3.34. The van der Waals surface area contributed by atoms with Gasteiger partial charge in [0.1, 0.15) is 5.69 Å². The quantitative estimate of drug-likeness (QED) is 0.611. The molecule has 0 heterocycles. The summed E-state index contributed by atoms with van der Waals surface area (Å²) in [6.07, 6.45) is 0.202. The van der Waals surface area contributed by atoms with E-state index in [9.17, 15) is 9.70 Å². The molecule has 0 N–H and O–H groups in total. The Labute approximate surface area is 105 Å². The monoisotopic (exact) mass is 243 g/mol. The van der Waals surface area contributed by atoms with E-state index < -0.39 is 0 Å². The zero-order valence-corrected chi connectivity index (χ0v) is 10.1. The number of carbonyl (C=O) groups is 1. The number of nitrogens with zero attached hydrogens (tertiary/aromatic N) is 1. The minimum absolute atomic E-state index is 0.202. The van der Waals surface area contributed by atoms with Gasteiger partial charge in [0.15, 0.2) is 0 Å². The number of fused-ring (bicyclic) bond motifs is 1. The highest BCUT2D eigenvalue weighted by atomic mass is 16.5. The number of carbonyl (C=O) groups excluding carboxylic acids is 1. The highest BCUT2D eigenvalue weighted by Crippen LogP contribution is 2.24. The van der Waals surface area contributed by atoms with Crippen LogP contribution >= 0.6 is 0 Å². The van der Waals surface area contributed by atoms with Crippen molar-refractivity contribution >= 4 is 22.4 Å². The van der Waals surface area contributed by atoms with E-state index in [-0.39, 0.29) is 12.4 Å². The van der Waals surface area contributed by atoms with Crippen LogP contribution in [0, 0.1) is 4.91 Å². The van der Waals surface area contributed by atoms with Crippen molar-refractivity contribution in [1.82, 2.24) is 0 Å². The lowest BCUT2D eigenvalue weighted by Crippen LogP contribution is -2.07. The molecule has 92 valence electrons. The summed E-state index contributed by atoms with van der Waals surface area (Å²) in [4.78, 5) is 22.0. The number of hydrogen-bond acceptors (Lipinski definition) is 4. The minimum atomic E-state index is -0.269. The third-order valence-corrected chi connectivity index (χ3v) is 2.70. The van der Waals surface area contributed by atoms with E-state index >= 15 is 0 Å². The lowest BCUT2D eigenvalue weighted by Gasteiger charge is -2.06. The molecule has 0 spiro atoms. The van der Waals surface area contributed by atoms with E-state index in [1.807, 2.05) is 24.3 Å². The van der Waals surface area contributed by atoms with Crippen LogP contribution in [0.4, 0.5) is 5.69 Å². The van der Waals surface area contributed by atoms with Crippen LogP contribution in [0.3, 0.4) is 0 Å². The Hall–Kier alpha value is -2.23. The van der Waals surface area contributed by atoms with Crippen molar-refractivity contribution in [2.24, 2.45) is 5.18 Å². The van der Waals surface area contributed by atoms with Gasteiger partial charge in [-0.15, -0.1) is 4.91 Å². The molecule has 2 rings (SSSR count). The van der Waals surface area contributed by atoms with Crippen LogP contribution in [0.5, 0.6) is 0 Å². The summed E-state index contributed by atoms with van der Waals surface area (Å²) in [6.45, 7) is 2.14. The Morgan fingerprint density at radius 3 is 2.83 bits per heavy atom. The zero-order chi connectivity index (χ0) is 13.0. The SMILES string of the molecule is CCOC(=O)Cc1cccc2ccc(N=O)cc12. The maximum Gasteiger partial charge on any atom is 0.310 e. The van der Waals surface area contributed by atoms with E-state index in [1.54, 1.807) is 19.1 Å². The molecule has 18 heavy (non-hydrogen) atoms. The van der Waals surface area contributed by atoms with Crippen LogP contribution in [0.15, 0.2) is 41.6 Å². The standard InChI is InChI=1S/C14H13NO3/c1-2-18-14(16)8-11-5-3-4-10-6-7-12(15-17)9-13(10)11/h3-7,9H,2,8H2,1H3. The van der Waals surface area contributed by atoms with Crippen molar-refractivity contribution in [3.63, 3.8) is 0 Å². The second-order valence-electron chi connectivity index (χ2n) is 3.90. The summed E-state index contributed by atoms with van der Waals surface area (Å²) in [7, 11) is 0. The summed E-state index contributed by atoms with van der Waals surface area (Å²) < 4.78 is 4.93. The third-order valence-electron chi connectivity index (χ3n) is 2.70. The van der Waals surface area contributed by atoms with Crippen LogP contribution in [-0.4, -0.2) is 12.6 Å². The lowest BCUT2D eigenvalue weighted by atomic mass is 10.0. The number of ether oxygens (including phenoxy) is 1. The number of esters is 1. The van der Waals surface area contributed by atoms with Gasteiger partial charge >= 0.3 is 5.97 Å². The normalized spacial score (nSPS) is 10.3. The first kappa shape index (κ1) is 12.2. The van der Waals surface area contributed by atoms with E-state index in [2.05, 4.69) is 5.18 Å². The second kappa shape index (κ2) is 5.40. The maximum atomic E-state index is 11.5. The first-order valence-electron chi connectivity index (χ1n) is 5.75. The molecule has 0 aromatic heterocycles. The average molecular weight is 243 g/mol. The van der Waals surface area contributed by atoms with Crippen LogP contribution in [0.1, 0.15) is 12.5 Å². The summed E-state index contributed by atoms with van der Waals surface area (Å²) in [6, 6.07) is 10.8. The summed E-state index contributed by atoms with van der Waals surface area (Å²) >= 11 is 0. The number of hydrogen-bond donors (Lipinski definition) is 0. The van der Waals surface area contributed by atoms with Crippen molar-refractivity contribution in [3.05, 3.63) is 46.9 Å². The number of rotatable bonds is 4. The van der Waals surface area contributed by atoms with Gasteiger partial charge in [-0.3, -0.25) is 4.79 Å². The number of benzene rings is 2. The van der Waals surface area contributed by atoms with Crippen LogP contribution in [0.25, 0.3) is 10.8 Å². The Balaban J connectivity index is 2.43. The molecule has 0 aliphatic carbocycles. The van der Waals surface area contributed by atoms with Crippen molar-refractivity contribution < 1.29 is 9.53 Å². The molecule has 4 heteroatoms. The average Bonchev–Trinajstić information content (AvgIpc) is 2.39. The van der Waals surface area contributed by atoms with E-state index in [1.165, 1.54) is 0 Å². The molecular weight excluding hydrogens is 230 g/mol. The molecule has 0 atom stereocenters. The lowest BCUT2D eigenvalue weighted by molar-refractivity contribution is -0.142. The zero-order valence-electron chi connectivity index (χ0n) is 10.1. The predicted molar refractivity (Wildman–Crippen MR) is 69.7 cm³/mol. The number of nitroso groups, excluding NO2 is 1. The van der Waals surface area contributed by atoms with Gasteiger partial charge in [-0.05, 0) is 40.6 Å². The van der Waals surface area contributed by atoms with Gasteiger partial charge in [0.05, 0.1) is 13.0 Å². The molecule has 0 saturated heterocycles. The van der Waals surface area contributed by atoms with Gasteiger partial charge in [-0.25, -0.2) is 0 Å². The fourth-order valence-electron chi connectivity index (χ4n) is 1.90. The van der Waals surface area contributed by atoms with E-state index in [0.717, 1.165) is 16.3 Å². The Kier molecular flexibility index (Phi) is 3.67. The van der Waals surface area contributed by atoms with Gasteiger partial charge in [0, 0.05) is 0 Å². The molecule has 0 saturated carbocycles. The molecule has 0 aliphatic heterocycles. The Morgan fingerprint density at radius 1 is 1.28 bits per heavy atom. The molecule has 0 amide bonds. The fraction of sp³-hybridized carbons (Fsp3) is 0.214. The van der Waals surface area contributed by atoms with Gasteiger partial charge in [-0.1, -0.05) is 24.3 Å². The van der Waals surface area contributed by atoms with E-state index in [0.29, 0.717) is 12.3 Å². The molecule has 0 unspecified atom stereocenters. The van der Waals surface area contributed by atoms with E-state index in [4.69, 9.17) is 4.74 Å². The first-order valence-corrected chi connectivity index (χ1v) is 5.75. The highest BCUT2D eigenvalue weighted by Gasteiger charge is 2.08. The highest BCUT2D eigenvalue weighted by molar-refractivity contribution is 5.90. The third kappa shape index (κ3) is 2.53. The molecule has 0 fully saturated rings. The van der Waals surface area contributed by atoms with Crippen molar-refractivity contribution in [2.45, 2.75) is 13.3 Å². The fourth-order valence-corrected chi connectivity index (χ4v) is 1.90. The molecule has 2 aromatic carbocycles. The smallest absolute Gasteiger partial charge is 0.310 e. The topological polar surface area (TPSA) is 55.7 Å². The summed E-state index contributed by atoms with van der Waals surface area (Å²) in [5, 5.41) is 4.75. The summed E-state index contributed by atoms with van der Waals surface area (Å²) in [5.41, 5.74) is 1.20. The van der Waals surface area contributed by atoms with Gasteiger partial charge in [0.25, 0.3) is 0 Å². The first-order chi connectivity index (χ1) is 8.74. The Morgan fingerprint density at radius 2 is 2.11 bits per heavy atom. The van der Waals surface area contributed by atoms with Crippen LogP contribution in [0.2, 0.25) is 0 Å². The molecule has 0 bridgehead atoms. The molecule has 2 aromatic rings. The molecule has 4 nitrogen and oxygen atoms in total. The Bertz CT molecular complexity index is 593. The molecular formula is C14H13NO3. The molecule has 0 aliphatic rings. The van der Waals surface area contributed by atoms with Gasteiger partial charge in [-0.2, -0.15) is 0 Å². The van der Waals surface area contributed by atoms with Crippen molar-refractivity contribution in [2.75, 3.05) is 6.61 Å². The van der Waals surface area contributed by atoms with Crippen molar-refractivity contribution in [3.8, 4) is 0 Å². The largest absolute Gasteiger partial charge is 0.466 e. The van der Waals surface area contributed by atoms with Crippen LogP contribution in [-0.2, 0) is 16.0 Å². The molecule has 0 radical (unpaired) electrons. The van der Waals surface area contributed by atoms with Crippen molar-refractivity contribution in [1.29, 1.82) is 0 Å². The minimum Gasteiger partial charge on any atom is -0.466 e.